The summed E-state index contributed by atoms with van der Waals surface area (Å²) in [5.41, 5.74) is 4.13. The number of esters is 1. The summed E-state index contributed by atoms with van der Waals surface area (Å²) in [6.45, 7) is 4.28. The van der Waals surface area contributed by atoms with Crippen molar-refractivity contribution >= 4 is 50.2 Å². The molecule has 6 heteroatoms. The molecule has 0 aliphatic heterocycles. The van der Waals surface area contributed by atoms with E-state index >= 15 is 0 Å². The van der Waals surface area contributed by atoms with E-state index in [1.165, 1.54) is 30.1 Å². The van der Waals surface area contributed by atoms with E-state index in [1.807, 2.05) is 41.8 Å². The molecule has 1 aromatic heterocycles. The first-order valence-electron chi connectivity index (χ1n) is 9.43. The molecule has 0 fully saturated rings. The highest BCUT2D eigenvalue weighted by atomic mass is 79.9. The molecule has 3 rings (SSSR count). The molecule has 0 saturated heterocycles. The summed E-state index contributed by atoms with van der Waals surface area (Å²) in [7, 11) is 1.33. The molecule has 0 unspecified atom stereocenters. The Morgan fingerprint density at radius 2 is 1.73 bits per heavy atom. The van der Waals surface area contributed by atoms with Crippen LogP contribution in [0.1, 0.15) is 41.3 Å². The maximum Gasteiger partial charge on any atom is 0.341 e. The van der Waals surface area contributed by atoms with Gasteiger partial charge in [0, 0.05) is 21.5 Å². The number of amides is 1. The standard InChI is InChI=1S/C24H22BrNO3S/c1-15(2)17-7-4-16(5-8-17)6-13-21(27)26-23-22(24(28)29-3)20(14-30-23)18-9-11-19(25)12-10-18/h4-15H,1-3H3,(H,26,27). The van der Waals surface area contributed by atoms with Crippen LogP contribution in [0.2, 0.25) is 0 Å². The van der Waals surface area contributed by atoms with E-state index in [0.29, 0.717) is 16.5 Å². The van der Waals surface area contributed by atoms with Crippen LogP contribution in [0, 0.1) is 0 Å². The molecular weight excluding hydrogens is 462 g/mol. The maximum absolute atomic E-state index is 12.5. The molecule has 0 aliphatic rings. The zero-order valence-electron chi connectivity index (χ0n) is 16.9. The number of halogens is 1. The van der Waals surface area contributed by atoms with Crippen molar-refractivity contribution in [2.45, 2.75) is 19.8 Å². The first kappa shape index (κ1) is 22.0. The van der Waals surface area contributed by atoms with Gasteiger partial charge in [-0.2, -0.15) is 0 Å². The fourth-order valence-electron chi connectivity index (χ4n) is 2.91. The number of rotatable bonds is 6. The highest BCUT2D eigenvalue weighted by molar-refractivity contribution is 9.10. The van der Waals surface area contributed by atoms with Crippen LogP contribution >= 0.6 is 27.3 Å². The predicted octanol–water partition coefficient (Wildman–Crippen LogP) is 6.74. The van der Waals surface area contributed by atoms with Crippen molar-refractivity contribution in [3.63, 3.8) is 0 Å². The Kier molecular flexibility index (Phi) is 7.24. The monoisotopic (exact) mass is 483 g/mol. The van der Waals surface area contributed by atoms with Crippen molar-refractivity contribution in [3.8, 4) is 11.1 Å². The largest absolute Gasteiger partial charge is 0.465 e. The van der Waals surface area contributed by atoms with Crippen molar-refractivity contribution in [1.82, 2.24) is 0 Å². The lowest BCUT2D eigenvalue weighted by molar-refractivity contribution is -0.111. The van der Waals surface area contributed by atoms with Crippen LogP contribution in [0.3, 0.4) is 0 Å². The Morgan fingerprint density at radius 3 is 2.33 bits per heavy atom. The van der Waals surface area contributed by atoms with Crippen LogP contribution in [-0.2, 0) is 9.53 Å². The van der Waals surface area contributed by atoms with Gasteiger partial charge in [0.05, 0.1) is 7.11 Å². The molecule has 1 N–H and O–H groups in total. The van der Waals surface area contributed by atoms with E-state index in [0.717, 1.165) is 21.2 Å². The molecule has 154 valence electrons. The molecule has 0 aliphatic carbocycles. The zero-order chi connectivity index (χ0) is 21.7. The van der Waals surface area contributed by atoms with Crippen LogP contribution in [-0.4, -0.2) is 19.0 Å². The maximum atomic E-state index is 12.5. The lowest BCUT2D eigenvalue weighted by Crippen LogP contribution is -2.11. The van der Waals surface area contributed by atoms with Gasteiger partial charge in [0.25, 0.3) is 0 Å². The number of thiophene rings is 1. The fourth-order valence-corrected chi connectivity index (χ4v) is 4.14. The van der Waals surface area contributed by atoms with Crippen molar-refractivity contribution in [2.24, 2.45) is 0 Å². The fraction of sp³-hybridized carbons (Fsp3) is 0.167. The molecule has 0 spiro atoms. The highest BCUT2D eigenvalue weighted by Crippen LogP contribution is 2.36. The molecule has 0 bridgehead atoms. The number of benzene rings is 2. The summed E-state index contributed by atoms with van der Waals surface area (Å²) in [6, 6.07) is 15.7. The van der Waals surface area contributed by atoms with E-state index in [1.54, 1.807) is 6.08 Å². The van der Waals surface area contributed by atoms with E-state index in [4.69, 9.17) is 4.74 Å². The third-order valence-corrected chi connectivity index (χ3v) is 6.03. The normalized spacial score (nSPS) is 11.1. The van der Waals surface area contributed by atoms with Crippen molar-refractivity contribution < 1.29 is 14.3 Å². The van der Waals surface area contributed by atoms with Gasteiger partial charge in [-0.3, -0.25) is 4.79 Å². The van der Waals surface area contributed by atoms with Crippen LogP contribution in [0.15, 0.2) is 64.5 Å². The SMILES string of the molecule is COC(=O)c1c(-c2ccc(Br)cc2)csc1NC(=O)C=Cc1ccc(C(C)C)cc1. The highest BCUT2D eigenvalue weighted by Gasteiger charge is 2.21. The molecule has 0 saturated carbocycles. The van der Waals surface area contributed by atoms with Gasteiger partial charge < -0.3 is 10.1 Å². The lowest BCUT2D eigenvalue weighted by Gasteiger charge is -2.07. The van der Waals surface area contributed by atoms with Gasteiger partial charge in [-0.25, -0.2) is 4.79 Å². The summed E-state index contributed by atoms with van der Waals surface area (Å²) in [4.78, 5) is 24.9. The molecule has 1 amide bonds. The van der Waals surface area contributed by atoms with E-state index in [-0.39, 0.29) is 5.91 Å². The quantitative estimate of drug-likeness (QED) is 0.312. The number of hydrogen-bond acceptors (Lipinski definition) is 4. The minimum absolute atomic E-state index is 0.308. The Morgan fingerprint density at radius 1 is 1.07 bits per heavy atom. The summed E-state index contributed by atoms with van der Waals surface area (Å²) in [5, 5.41) is 5.12. The van der Waals surface area contributed by atoms with E-state index in [9.17, 15) is 9.59 Å². The Balaban J connectivity index is 1.80. The predicted molar refractivity (Wildman–Crippen MR) is 127 cm³/mol. The van der Waals surface area contributed by atoms with Gasteiger partial charge in [-0.1, -0.05) is 66.2 Å². The number of ether oxygens (including phenoxy) is 1. The Labute approximate surface area is 188 Å². The van der Waals surface area contributed by atoms with Gasteiger partial charge in [0.2, 0.25) is 5.91 Å². The first-order valence-corrected chi connectivity index (χ1v) is 11.1. The molecule has 2 aromatic carbocycles. The van der Waals surface area contributed by atoms with Crippen molar-refractivity contribution in [1.29, 1.82) is 0 Å². The van der Waals surface area contributed by atoms with E-state index < -0.39 is 5.97 Å². The van der Waals surface area contributed by atoms with Crippen molar-refractivity contribution in [2.75, 3.05) is 12.4 Å². The number of carbonyl (C=O) groups is 2. The van der Waals surface area contributed by atoms with Crippen LogP contribution in [0.25, 0.3) is 17.2 Å². The average Bonchev–Trinajstić information content (AvgIpc) is 3.15. The average molecular weight is 484 g/mol. The summed E-state index contributed by atoms with van der Waals surface area (Å²) in [5.74, 6) is -0.336. The van der Waals surface area contributed by atoms with Crippen LogP contribution in [0.4, 0.5) is 5.00 Å². The molecule has 0 radical (unpaired) electrons. The van der Waals surface area contributed by atoms with Crippen molar-refractivity contribution in [3.05, 3.63) is 81.2 Å². The third kappa shape index (κ3) is 5.26. The van der Waals surface area contributed by atoms with Gasteiger partial charge in [-0.05, 0) is 40.8 Å². The summed E-state index contributed by atoms with van der Waals surface area (Å²) < 4.78 is 5.90. The second-order valence-corrected chi connectivity index (χ2v) is 8.79. The Hall–Kier alpha value is -2.70. The molecular formula is C24H22BrNO3S. The van der Waals surface area contributed by atoms with Crippen LogP contribution < -0.4 is 5.32 Å². The van der Waals surface area contributed by atoms with Gasteiger partial charge in [0.1, 0.15) is 10.6 Å². The van der Waals surface area contributed by atoms with Gasteiger partial charge in [0.15, 0.2) is 0 Å². The summed E-state index contributed by atoms with van der Waals surface area (Å²) >= 11 is 4.71. The summed E-state index contributed by atoms with van der Waals surface area (Å²) in [6.07, 6.45) is 3.21. The zero-order valence-corrected chi connectivity index (χ0v) is 19.3. The molecule has 30 heavy (non-hydrogen) atoms. The molecule has 0 atom stereocenters. The van der Waals surface area contributed by atoms with Gasteiger partial charge >= 0.3 is 5.97 Å². The second-order valence-electron chi connectivity index (χ2n) is 7.00. The number of carbonyl (C=O) groups excluding carboxylic acids is 2. The van der Waals surface area contributed by atoms with Gasteiger partial charge in [-0.15, -0.1) is 11.3 Å². The molecule has 1 heterocycles. The number of hydrogen-bond donors (Lipinski definition) is 1. The molecule has 4 nitrogen and oxygen atoms in total. The van der Waals surface area contributed by atoms with E-state index in [2.05, 4.69) is 47.2 Å². The molecule has 3 aromatic rings. The lowest BCUT2D eigenvalue weighted by atomic mass is 10.0. The minimum Gasteiger partial charge on any atom is -0.465 e. The minimum atomic E-state index is -0.488. The number of methoxy groups -OCH3 is 1. The third-order valence-electron chi connectivity index (χ3n) is 4.60. The second kappa shape index (κ2) is 9.87. The number of nitrogens with one attached hydrogen (secondary N) is 1. The van der Waals surface area contributed by atoms with Crippen LogP contribution in [0.5, 0.6) is 0 Å². The first-order chi connectivity index (χ1) is 14.4. The smallest absolute Gasteiger partial charge is 0.341 e. The Bertz CT molecular complexity index is 1070. The number of anilines is 1. The topological polar surface area (TPSA) is 55.4 Å².